The Balaban J connectivity index is 2.63. The summed E-state index contributed by atoms with van der Waals surface area (Å²) in [4.78, 5) is 11.9. The van der Waals surface area contributed by atoms with Gasteiger partial charge in [-0.2, -0.15) is 5.10 Å². The average Bonchev–Trinajstić information content (AvgIpc) is 2.51. The fraction of sp³-hybridized carbons (Fsp3) is 0.333. The van der Waals surface area contributed by atoms with Crippen LogP contribution in [0.5, 0.6) is 11.5 Å². The summed E-state index contributed by atoms with van der Waals surface area (Å²) in [6, 6.07) is 6.96. The molecule has 6 heteroatoms. The van der Waals surface area contributed by atoms with Crippen LogP contribution in [0.3, 0.4) is 0 Å². The van der Waals surface area contributed by atoms with Crippen LogP contribution in [0.25, 0.3) is 11.3 Å². The van der Waals surface area contributed by atoms with Crippen molar-refractivity contribution in [3.63, 3.8) is 0 Å². The third kappa shape index (κ3) is 2.99. The predicted molar refractivity (Wildman–Crippen MR) is 81.7 cm³/mol. The highest BCUT2D eigenvalue weighted by atomic mass is 16.5. The van der Waals surface area contributed by atoms with E-state index in [1.807, 2.05) is 6.92 Å². The normalized spacial score (nSPS) is 10.4. The molecular weight excluding hydrogens is 270 g/mol. The van der Waals surface area contributed by atoms with Crippen molar-refractivity contribution in [2.75, 3.05) is 20.0 Å². The second kappa shape index (κ2) is 6.30. The Hall–Kier alpha value is -2.50. The van der Waals surface area contributed by atoms with E-state index in [2.05, 4.69) is 5.10 Å². The van der Waals surface area contributed by atoms with Crippen LogP contribution in [0.15, 0.2) is 29.1 Å². The molecule has 2 aromatic rings. The molecule has 6 nitrogen and oxygen atoms in total. The number of hydrogen-bond donors (Lipinski definition) is 1. The number of nitrogen functional groups attached to an aromatic ring is 1. The largest absolute Gasteiger partial charge is 0.497 e. The van der Waals surface area contributed by atoms with Gasteiger partial charge in [-0.1, -0.05) is 6.92 Å². The van der Waals surface area contributed by atoms with Gasteiger partial charge in [0.1, 0.15) is 17.2 Å². The van der Waals surface area contributed by atoms with E-state index in [-0.39, 0.29) is 11.2 Å². The topological polar surface area (TPSA) is 79.4 Å². The molecule has 0 aliphatic carbocycles. The molecule has 0 amide bonds. The van der Waals surface area contributed by atoms with Crippen LogP contribution in [0.4, 0.5) is 5.69 Å². The SMILES string of the molecule is CCCn1nc(-c2cc(OC)ccc2OC)cc(N)c1=O. The van der Waals surface area contributed by atoms with Gasteiger partial charge in [0, 0.05) is 12.1 Å². The second-order valence-electron chi connectivity index (χ2n) is 4.58. The number of hydrogen-bond acceptors (Lipinski definition) is 5. The molecule has 1 heterocycles. The van der Waals surface area contributed by atoms with Gasteiger partial charge in [0.15, 0.2) is 0 Å². The second-order valence-corrected chi connectivity index (χ2v) is 4.58. The first-order valence-electron chi connectivity index (χ1n) is 6.70. The highest BCUT2D eigenvalue weighted by Gasteiger charge is 2.13. The van der Waals surface area contributed by atoms with E-state index >= 15 is 0 Å². The number of ether oxygens (including phenoxy) is 2. The van der Waals surface area contributed by atoms with E-state index in [9.17, 15) is 4.79 Å². The van der Waals surface area contributed by atoms with Gasteiger partial charge >= 0.3 is 0 Å². The summed E-state index contributed by atoms with van der Waals surface area (Å²) in [7, 11) is 3.17. The highest BCUT2D eigenvalue weighted by molar-refractivity contribution is 5.70. The van der Waals surface area contributed by atoms with E-state index in [0.717, 1.165) is 12.0 Å². The van der Waals surface area contributed by atoms with E-state index in [0.29, 0.717) is 23.7 Å². The lowest BCUT2D eigenvalue weighted by Crippen LogP contribution is -2.25. The van der Waals surface area contributed by atoms with Crippen molar-refractivity contribution >= 4 is 5.69 Å². The standard InChI is InChI=1S/C15H19N3O3/c1-4-7-18-15(19)12(16)9-13(17-18)11-8-10(20-2)5-6-14(11)21-3/h5-6,8-9H,4,7,16H2,1-3H3. The van der Waals surface area contributed by atoms with Crippen LogP contribution >= 0.6 is 0 Å². The van der Waals surface area contributed by atoms with E-state index in [4.69, 9.17) is 15.2 Å². The number of methoxy groups -OCH3 is 2. The maximum absolute atomic E-state index is 11.9. The van der Waals surface area contributed by atoms with Gasteiger partial charge in [-0.3, -0.25) is 4.79 Å². The molecule has 0 saturated heterocycles. The lowest BCUT2D eigenvalue weighted by molar-refractivity contribution is 0.404. The molecule has 21 heavy (non-hydrogen) atoms. The van der Waals surface area contributed by atoms with Crippen molar-refractivity contribution in [2.45, 2.75) is 19.9 Å². The van der Waals surface area contributed by atoms with Crippen molar-refractivity contribution in [3.8, 4) is 22.8 Å². The lowest BCUT2D eigenvalue weighted by Gasteiger charge is -2.12. The van der Waals surface area contributed by atoms with Crippen LogP contribution in [-0.2, 0) is 6.54 Å². The number of anilines is 1. The number of nitrogens with zero attached hydrogens (tertiary/aromatic N) is 2. The third-order valence-corrected chi connectivity index (χ3v) is 3.12. The molecule has 0 atom stereocenters. The van der Waals surface area contributed by atoms with Gasteiger partial charge in [0.25, 0.3) is 5.56 Å². The van der Waals surface area contributed by atoms with Gasteiger partial charge in [0.2, 0.25) is 0 Å². The Morgan fingerprint density at radius 3 is 2.62 bits per heavy atom. The van der Waals surface area contributed by atoms with E-state index in [1.165, 1.54) is 4.68 Å². The molecule has 0 aliphatic heterocycles. The fourth-order valence-electron chi connectivity index (χ4n) is 2.07. The molecule has 1 aromatic carbocycles. The first-order chi connectivity index (χ1) is 10.1. The monoisotopic (exact) mass is 289 g/mol. The quantitative estimate of drug-likeness (QED) is 0.909. The fourth-order valence-corrected chi connectivity index (χ4v) is 2.07. The van der Waals surface area contributed by atoms with Crippen LogP contribution in [0.2, 0.25) is 0 Å². The van der Waals surface area contributed by atoms with Gasteiger partial charge in [-0.05, 0) is 30.7 Å². The Morgan fingerprint density at radius 2 is 2.00 bits per heavy atom. The van der Waals surface area contributed by atoms with E-state index in [1.54, 1.807) is 38.5 Å². The predicted octanol–water partition coefficient (Wildman–Crippen LogP) is 1.92. The molecule has 0 aliphatic rings. The van der Waals surface area contributed by atoms with Crippen molar-refractivity contribution < 1.29 is 9.47 Å². The van der Waals surface area contributed by atoms with Crippen molar-refractivity contribution in [1.29, 1.82) is 0 Å². The van der Waals surface area contributed by atoms with E-state index < -0.39 is 0 Å². The third-order valence-electron chi connectivity index (χ3n) is 3.12. The smallest absolute Gasteiger partial charge is 0.289 e. The van der Waals surface area contributed by atoms with Crippen molar-refractivity contribution in [3.05, 3.63) is 34.6 Å². The van der Waals surface area contributed by atoms with Gasteiger partial charge in [-0.25, -0.2) is 4.68 Å². The van der Waals surface area contributed by atoms with Crippen LogP contribution in [-0.4, -0.2) is 24.0 Å². The number of aromatic nitrogens is 2. The summed E-state index contributed by atoms with van der Waals surface area (Å²) in [5, 5.41) is 4.37. The minimum Gasteiger partial charge on any atom is -0.497 e. The van der Waals surface area contributed by atoms with Crippen LogP contribution in [0.1, 0.15) is 13.3 Å². The minimum atomic E-state index is -0.275. The van der Waals surface area contributed by atoms with Crippen molar-refractivity contribution in [1.82, 2.24) is 9.78 Å². The molecule has 2 rings (SSSR count). The minimum absolute atomic E-state index is 0.165. The molecule has 0 radical (unpaired) electrons. The summed E-state index contributed by atoms with van der Waals surface area (Å²) in [5.41, 5.74) is 7.01. The number of aryl methyl sites for hydroxylation is 1. The zero-order chi connectivity index (χ0) is 15.4. The molecule has 1 aromatic heterocycles. The molecule has 0 unspecified atom stereocenters. The summed E-state index contributed by atoms with van der Waals surface area (Å²) in [6.07, 6.45) is 0.797. The molecule has 0 fully saturated rings. The molecule has 2 N–H and O–H groups in total. The van der Waals surface area contributed by atoms with Gasteiger partial charge < -0.3 is 15.2 Å². The zero-order valence-corrected chi connectivity index (χ0v) is 12.4. The first-order valence-corrected chi connectivity index (χ1v) is 6.70. The van der Waals surface area contributed by atoms with Crippen LogP contribution < -0.4 is 20.8 Å². The highest BCUT2D eigenvalue weighted by Crippen LogP contribution is 2.32. The van der Waals surface area contributed by atoms with Gasteiger partial charge in [0.05, 0.1) is 19.9 Å². The molecule has 0 bridgehead atoms. The Bertz CT molecular complexity index is 695. The summed E-state index contributed by atoms with van der Waals surface area (Å²) in [5.74, 6) is 1.32. The average molecular weight is 289 g/mol. The molecular formula is C15H19N3O3. The first kappa shape index (κ1) is 14.9. The maximum Gasteiger partial charge on any atom is 0.289 e. The number of rotatable bonds is 5. The molecule has 0 saturated carbocycles. The summed E-state index contributed by atoms with van der Waals surface area (Å²) < 4.78 is 11.9. The summed E-state index contributed by atoms with van der Waals surface area (Å²) >= 11 is 0. The lowest BCUT2D eigenvalue weighted by atomic mass is 10.1. The zero-order valence-electron chi connectivity index (χ0n) is 12.4. The maximum atomic E-state index is 11.9. The number of benzene rings is 1. The Kier molecular flexibility index (Phi) is 4.47. The summed E-state index contributed by atoms with van der Waals surface area (Å²) in [6.45, 7) is 2.49. The Labute approximate surface area is 123 Å². The van der Waals surface area contributed by atoms with Crippen LogP contribution in [0, 0.1) is 0 Å². The molecule has 112 valence electrons. The van der Waals surface area contributed by atoms with Gasteiger partial charge in [-0.15, -0.1) is 0 Å². The molecule has 0 spiro atoms. The van der Waals surface area contributed by atoms with Crippen molar-refractivity contribution in [2.24, 2.45) is 0 Å². The number of nitrogens with two attached hydrogens (primary N) is 1. The Morgan fingerprint density at radius 1 is 1.24 bits per heavy atom.